The number of rotatable bonds is 6. The Bertz CT molecular complexity index is 824. The van der Waals surface area contributed by atoms with Crippen LogP contribution in [0.3, 0.4) is 0 Å². The Balaban J connectivity index is 2.24. The van der Waals surface area contributed by atoms with Gasteiger partial charge in [0, 0.05) is 34.4 Å². The molecule has 3 aromatic carbocycles. The van der Waals surface area contributed by atoms with Crippen molar-refractivity contribution in [2.24, 2.45) is 0 Å². The van der Waals surface area contributed by atoms with Crippen molar-refractivity contribution < 1.29 is 19.1 Å². The average molecular weight is 350 g/mol. The minimum Gasteiger partial charge on any atom is -0.425 e. The summed E-state index contributed by atoms with van der Waals surface area (Å²) in [5.41, 5.74) is 0. The molecule has 0 bridgehead atoms. The first kappa shape index (κ1) is 17.9. The van der Waals surface area contributed by atoms with Gasteiger partial charge < -0.3 is 9.47 Å². The molecule has 4 heteroatoms. The Kier molecular flexibility index (Phi) is 5.52. The van der Waals surface area contributed by atoms with Crippen molar-refractivity contribution in [2.45, 2.75) is 39.5 Å². The van der Waals surface area contributed by atoms with Crippen LogP contribution in [0.1, 0.15) is 39.5 Å². The number of hydrogen-bond donors (Lipinski definition) is 0. The Labute approximate surface area is 152 Å². The Morgan fingerprint density at radius 2 is 0.962 bits per heavy atom. The lowest BCUT2D eigenvalue weighted by atomic mass is 10.0. The van der Waals surface area contributed by atoms with E-state index in [9.17, 15) is 9.59 Å². The van der Waals surface area contributed by atoms with E-state index >= 15 is 0 Å². The molecule has 0 aliphatic rings. The van der Waals surface area contributed by atoms with E-state index in [4.69, 9.17) is 9.47 Å². The predicted molar refractivity (Wildman–Crippen MR) is 103 cm³/mol. The lowest BCUT2D eigenvalue weighted by molar-refractivity contribution is -0.135. The van der Waals surface area contributed by atoms with E-state index in [-0.39, 0.29) is 11.9 Å². The van der Waals surface area contributed by atoms with E-state index < -0.39 is 0 Å². The number of fused-ring (bicyclic) bond motifs is 2. The molecule has 0 aromatic heterocycles. The number of esters is 2. The maximum atomic E-state index is 12.1. The van der Waals surface area contributed by atoms with Gasteiger partial charge >= 0.3 is 11.9 Å². The van der Waals surface area contributed by atoms with Crippen molar-refractivity contribution in [3.63, 3.8) is 0 Å². The third kappa shape index (κ3) is 3.54. The molecule has 0 saturated heterocycles. The summed E-state index contributed by atoms with van der Waals surface area (Å²) in [5, 5.41) is 3.04. The average Bonchev–Trinajstić information content (AvgIpc) is 2.65. The van der Waals surface area contributed by atoms with Crippen molar-refractivity contribution in [1.29, 1.82) is 0 Å². The fourth-order valence-electron chi connectivity index (χ4n) is 3.01. The molecule has 0 heterocycles. The van der Waals surface area contributed by atoms with Crippen molar-refractivity contribution in [3.8, 4) is 11.5 Å². The van der Waals surface area contributed by atoms with Crippen LogP contribution < -0.4 is 9.47 Å². The Hall–Kier alpha value is -2.88. The van der Waals surface area contributed by atoms with Gasteiger partial charge in [0.25, 0.3) is 0 Å². The van der Waals surface area contributed by atoms with Crippen molar-refractivity contribution in [3.05, 3.63) is 48.5 Å². The molecule has 0 N–H and O–H groups in total. The van der Waals surface area contributed by atoms with E-state index in [1.165, 1.54) is 0 Å². The molecule has 0 amide bonds. The van der Waals surface area contributed by atoms with Crippen LogP contribution in [0, 0.1) is 0 Å². The first-order valence-electron chi connectivity index (χ1n) is 9.00. The lowest BCUT2D eigenvalue weighted by Crippen LogP contribution is -2.10. The SMILES string of the molecule is CCCC(=O)Oc1c2ccccc2c(OC(=O)CCC)c2ccccc12. The number of carbonyl (C=O) groups is 2. The number of benzene rings is 3. The first-order valence-corrected chi connectivity index (χ1v) is 9.00. The number of hydrogen-bond acceptors (Lipinski definition) is 4. The van der Waals surface area contributed by atoms with Gasteiger partial charge in [0.15, 0.2) is 0 Å². The van der Waals surface area contributed by atoms with Gasteiger partial charge in [0.2, 0.25) is 0 Å². The van der Waals surface area contributed by atoms with E-state index in [0.29, 0.717) is 24.3 Å². The van der Waals surface area contributed by atoms with Gasteiger partial charge in [-0.3, -0.25) is 9.59 Å². The molecular formula is C22H22O4. The first-order chi connectivity index (χ1) is 12.7. The Morgan fingerprint density at radius 3 is 1.23 bits per heavy atom. The molecule has 3 rings (SSSR count). The number of ether oxygens (including phenoxy) is 2. The molecule has 0 atom stereocenters. The molecule has 4 nitrogen and oxygen atoms in total. The van der Waals surface area contributed by atoms with Crippen LogP contribution in [-0.2, 0) is 9.59 Å². The van der Waals surface area contributed by atoms with Gasteiger partial charge in [-0.1, -0.05) is 62.4 Å². The molecule has 26 heavy (non-hydrogen) atoms. The second kappa shape index (κ2) is 8.00. The third-order valence-corrected chi connectivity index (χ3v) is 4.17. The molecule has 0 spiro atoms. The summed E-state index contributed by atoms with van der Waals surface area (Å²) in [6, 6.07) is 15.1. The summed E-state index contributed by atoms with van der Waals surface area (Å²) in [6.07, 6.45) is 2.16. The van der Waals surface area contributed by atoms with E-state index in [2.05, 4.69) is 0 Å². The number of carbonyl (C=O) groups excluding carboxylic acids is 2. The van der Waals surface area contributed by atoms with E-state index in [0.717, 1.165) is 34.4 Å². The third-order valence-electron chi connectivity index (χ3n) is 4.17. The zero-order valence-corrected chi connectivity index (χ0v) is 15.1. The summed E-state index contributed by atoms with van der Waals surface area (Å²) >= 11 is 0. The largest absolute Gasteiger partial charge is 0.425 e. The maximum absolute atomic E-state index is 12.1. The highest BCUT2D eigenvalue weighted by Crippen LogP contribution is 2.42. The van der Waals surface area contributed by atoms with Crippen LogP contribution in [0.15, 0.2) is 48.5 Å². The molecule has 0 fully saturated rings. The topological polar surface area (TPSA) is 52.6 Å². The van der Waals surface area contributed by atoms with Gasteiger partial charge in [-0.05, 0) is 12.8 Å². The fraction of sp³-hybridized carbons (Fsp3) is 0.273. The molecule has 0 saturated carbocycles. The van der Waals surface area contributed by atoms with Crippen LogP contribution in [0.5, 0.6) is 11.5 Å². The van der Waals surface area contributed by atoms with Crippen LogP contribution in [0.4, 0.5) is 0 Å². The summed E-state index contributed by atoms with van der Waals surface area (Å²) in [6.45, 7) is 3.88. The van der Waals surface area contributed by atoms with Crippen molar-refractivity contribution >= 4 is 33.5 Å². The smallest absolute Gasteiger partial charge is 0.311 e. The van der Waals surface area contributed by atoms with Gasteiger partial charge in [-0.15, -0.1) is 0 Å². The highest BCUT2D eigenvalue weighted by molar-refractivity contribution is 6.12. The van der Waals surface area contributed by atoms with Crippen molar-refractivity contribution in [1.82, 2.24) is 0 Å². The summed E-state index contributed by atoms with van der Waals surface area (Å²) in [4.78, 5) is 24.3. The van der Waals surface area contributed by atoms with Crippen LogP contribution >= 0.6 is 0 Å². The van der Waals surface area contributed by atoms with E-state index in [1.54, 1.807) is 0 Å². The second-order valence-electron chi connectivity index (χ2n) is 6.20. The molecule has 0 unspecified atom stereocenters. The minimum atomic E-state index is -0.265. The molecule has 0 radical (unpaired) electrons. The standard InChI is InChI=1S/C22H22O4/c1-3-9-19(23)25-21-15-11-5-7-13-17(15)22(26-20(24)10-4-2)18-14-8-6-12-16(18)21/h5-8,11-14H,3-4,9-10H2,1-2H3. The lowest BCUT2D eigenvalue weighted by Gasteiger charge is -2.16. The quantitative estimate of drug-likeness (QED) is 0.339. The summed E-state index contributed by atoms with van der Waals surface area (Å²) in [7, 11) is 0. The molecule has 0 aliphatic carbocycles. The highest BCUT2D eigenvalue weighted by atomic mass is 16.5. The maximum Gasteiger partial charge on any atom is 0.311 e. The molecule has 0 aliphatic heterocycles. The van der Waals surface area contributed by atoms with Gasteiger partial charge in [-0.25, -0.2) is 0 Å². The fourth-order valence-corrected chi connectivity index (χ4v) is 3.01. The zero-order chi connectivity index (χ0) is 18.5. The second-order valence-corrected chi connectivity index (χ2v) is 6.20. The van der Waals surface area contributed by atoms with Gasteiger partial charge in [-0.2, -0.15) is 0 Å². The monoisotopic (exact) mass is 350 g/mol. The van der Waals surface area contributed by atoms with Gasteiger partial charge in [0.05, 0.1) is 0 Å². The summed E-state index contributed by atoms with van der Waals surface area (Å²) < 4.78 is 11.4. The van der Waals surface area contributed by atoms with Crippen LogP contribution in [-0.4, -0.2) is 11.9 Å². The normalized spacial score (nSPS) is 10.8. The van der Waals surface area contributed by atoms with Crippen molar-refractivity contribution in [2.75, 3.05) is 0 Å². The van der Waals surface area contributed by atoms with Gasteiger partial charge in [0.1, 0.15) is 11.5 Å². The van der Waals surface area contributed by atoms with Crippen LogP contribution in [0.2, 0.25) is 0 Å². The molecular weight excluding hydrogens is 328 g/mol. The highest BCUT2D eigenvalue weighted by Gasteiger charge is 2.19. The summed E-state index contributed by atoms with van der Waals surface area (Å²) in [5.74, 6) is 0.506. The predicted octanol–water partition coefficient (Wildman–Crippen LogP) is 5.40. The van der Waals surface area contributed by atoms with E-state index in [1.807, 2.05) is 62.4 Å². The zero-order valence-electron chi connectivity index (χ0n) is 15.1. The minimum absolute atomic E-state index is 0.265. The molecule has 3 aromatic rings. The van der Waals surface area contributed by atoms with Crippen LogP contribution in [0.25, 0.3) is 21.5 Å². The molecule has 134 valence electrons. The Morgan fingerprint density at radius 1 is 0.654 bits per heavy atom.